The van der Waals surface area contributed by atoms with Crippen molar-refractivity contribution in [2.45, 2.75) is 31.8 Å². The highest BCUT2D eigenvalue weighted by Crippen LogP contribution is 2.27. The molecule has 1 aromatic rings. The molecule has 0 radical (unpaired) electrons. The number of nitrogens with one attached hydrogen (secondary N) is 1. The number of piperidine rings is 1. The van der Waals surface area contributed by atoms with Gasteiger partial charge in [0.15, 0.2) is 0 Å². The number of aromatic nitrogens is 1. The maximum Gasteiger partial charge on any atom is 0.223 e. The van der Waals surface area contributed by atoms with Gasteiger partial charge in [-0.3, -0.25) is 4.79 Å². The van der Waals surface area contributed by atoms with Crippen molar-refractivity contribution in [3.8, 4) is 0 Å². The van der Waals surface area contributed by atoms with Crippen molar-refractivity contribution in [1.82, 2.24) is 10.3 Å². The molecule has 1 unspecified atom stereocenters. The molecule has 0 saturated carbocycles. The fraction of sp³-hybridized carbons (Fsp3) is 0.647. The second kappa shape index (κ2) is 7.09. The van der Waals surface area contributed by atoms with Gasteiger partial charge in [-0.05, 0) is 43.6 Å². The van der Waals surface area contributed by atoms with Gasteiger partial charge < -0.3 is 15.3 Å². The number of aliphatic hydroxyl groups is 1. The molecule has 6 heteroatoms. The summed E-state index contributed by atoms with van der Waals surface area (Å²) in [7, 11) is 0. The Morgan fingerprint density at radius 1 is 1.48 bits per heavy atom. The van der Waals surface area contributed by atoms with E-state index < -0.39 is 5.60 Å². The van der Waals surface area contributed by atoms with Crippen LogP contribution in [0.25, 0.3) is 0 Å². The highest BCUT2D eigenvalue weighted by Gasteiger charge is 2.33. The molecule has 3 heterocycles. The molecule has 2 aliphatic heterocycles. The molecule has 5 nitrogen and oxygen atoms in total. The first-order valence-corrected chi connectivity index (χ1v) is 9.47. The van der Waals surface area contributed by atoms with Crippen molar-refractivity contribution in [2.75, 3.05) is 36.0 Å². The minimum absolute atomic E-state index is 0.0503. The van der Waals surface area contributed by atoms with E-state index in [1.165, 1.54) is 0 Å². The van der Waals surface area contributed by atoms with E-state index in [0.29, 0.717) is 6.54 Å². The molecule has 0 aromatic carbocycles. The van der Waals surface area contributed by atoms with Crippen LogP contribution in [0.15, 0.2) is 18.3 Å². The Kier molecular flexibility index (Phi) is 5.11. The molecule has 3 rings (SSSR count). The first-order valence-electron chi connectivity index (χ1n) is 8.31. The summed E-state index contributed by atoms with van der Waals surface area (Å²) in [6.07, 6.45) is 4.34. The number of thioether (sulfide) groups is 1. The molecule has 23 heavy (non-hydrogen) atoms. The number of hydrogen-bond acceptors (Lipinski definition) is 5. The van der Waals surface area contributed by atoms with E-state index >= 15 is 0 Å². The van der Waals surface area contributed by atoms with Crippen LogP contribution in [-0.4, -0.2) is 52.7 Å². The van der Waals surface area contributed by atoms with E-state index in [2.05, 4.69) is 21.3 Å². The lowest BCUT2D eigenvalue weighted by Crippen LogP contribution is -2.47. The molecule has 2 N–H and O–H groups in total. The average Bonchev–Trinajstić information content (AvgIpc) is 3.01. The zero-order valence-electron chi connectivity index (χ0n) is 13.6. The lowest BCUT2D eigenvalue weighted by Gasteiger charge is -2.32. The SMILES string of the molecule is Cc1ccc(N2CCC(C(=O)NCC3(O)CCSC3)CC2)nc1. The van der Waals surface area contributed by atoms with Crippen LogP contribution in [0.5, 0.6) is 0 Å². The number of nitrogens with zero attached hydrogens (tertiary/aromatic N) is 2. The van der Waals surface area contributed by atoms with Crippen molar-refractivity contribution in [3.63, 3.8) is 0 Å². The van der Waals surface area contributed by atoms with E-state index in [1.807, 2.05) is 19.2 Å². The Labute approximate surface area is 141 Å². The van der Waals surface area contributed by atoms with E-state index in [9.17, 15) is 9.90 Å². The summed E-state index contributed by atoms with van der Waals surface area (Å²) in [6.45, 7) is 4.13. The first kappa shape index (κ1) is 16.6. The Balaban J connectivity index is 1.46. The van der Waals surface area contributed by atoms with Crippen molar-refractivity contribution >= 4 is 23.5 Å². The number of pyridine rings is 1. The third-order valence-electron chi connectivity index (χ3n) is 4.76. The van der Waals surface area contributed by atoms with Crippen molar-refractivity contribution in [2.24, 2.45) is 5.92 Å². The molecule has 2 saturated heterocycles. The summed E-state index contributed by atoms with van der Waals surface area (Å²) >= 11 is 1.75. The fourth-order valence-electron chi connectivity index (χ4n) is 3.15. The van der Waals surface area contributed by atoms with Gasteiger partial charge in [-0.25, -0.2) is 4.98 Å². The van der Waals surface area contributed by atoms with E-state index in [-0.39, 0.29) is 11.8 Å². The van der Waals surface area contributed by atoms with Gasteiger partial charge in [-0.15, -0.1) is 0 Å². The van der Waals surface area contributed by atoms with Crippen LogP contribution in [0.2, 0.25) is 0 Å². The molecular weight excluding hydrogens is 310 g/mol. The van der Waals surface area contributed by atoms with Crippen molar-refractivity contribution in [1.29, 1.82) is 0 Å². The average molecular weight is 335 g/mol. The summed E-state index contributed by atoms with van der Waals surface area (Å²) in [5, 5.41) is 13.3. The molecule has 1 amide bonds. The number of rotatable bonds is 4. The smallest absolute Gasteiger partial charge is 0.223 e. The fourth-order valence-corrected chi connectivity index (χ4v) is 4.44. The standard InChI is InChI=1S/C17H25N3O2S/c1-13-2-3-15(18-10-13)20-7-4-14(5-8-20)16(21)19-11-17(22)6-9-23-12-17/h2-3,10,14,22H,4-9,11-12H2,1H3,(H,19,21). The van der Waals surface area contributed by atoms with E-state index in [1.54, 1.807) is 11.8 Å². The van der Waals surface area contributed by atoms with Gasteiger partial charge in [0, 0.05) is 37.5 Å². The van der Waals surface area contributed by atoms with E-state index in [0.717, 1.165) is 55.2 Å². The number of aryl methyl sites for hydroxylation is 1. The molecule has 1 atom stereocenters. The van der Waals surface area contributed by atoms with Gasteiger partial charge >= 0.3 is 0 Å². The topological polar surface area (TPSA) is 65.5 Å². The maximum atomic E-state index is 12.3. The molecular formula is C17H25N3O2S. The summed E-state index contributed by atoms with van der Waals surface area (Å²) in [4.78, 5) is 19.0. The largest absolute Gasteiger partial charge is 0.387 e. The van der Waals surface area contributed by atoms with Crippen LogP contribution < -0.4 is 10.2 Å². The highest BCUT2D eigenvalue weighted by molar-refractivity contribution is 7.99. The van der Waals surface area contributed by atoms with Crippen LogP contribution in [0.3, 0.4) is 0 Å². The number of carbonyl (C=O) groups is 1. The van der Waals surface area contributed by atoms with Crippen molar-refractivity contribution < 1.29 is 9.90 Å². The third kappa shape index (κ3) is 4.18. The number of amides is 1. The minimum Gasteiger partial charge on any atom is -0.387 e. The monoisotopic (exact) mass is 335 g/mol. The second-order valence-electron chi connectivity index (χ2n) is 6.70. The van der Waals surface area contributed by atoms with Gasteiger partial charge in [0.05, 0.1) is 5.60 Å². The van der Waals surface area contributed by atoms with Gasteiger partial charge in [-0.2, -0.15) is 11.8 Å². The second-order valence-corrected chi connectivity index (χ2v) is 7.80. The molecule has 126 valence electrons. The Bertz CT molecular complexity index is 535. The number of carbonyl (C=O) groups excluding carboxylic acids is 1. The lowest BCUT2D eigenvalue weighted by molar-refractivity contribution is -0.126. The first-order chi connectivity index (χ1) is 11.1. The normalized spacial score (nSPS) is 25.6. The summed E-state index contributed by atoms with van der Waals surface area (Å²) < 4.78 is 0. The summed E-state index contributed by atoms with van der Waals surface area (Å²) in [6, 6.07) is 4.12. The van der Waals surface area contributed by atoms with Crippen LogP contribution in [0.4, 0.5) is 5.82 Å². The molecule has 0 aliphatic carbocycles. The Hall–Kier alpha value is -1.27. The minimum atomic E-state index is -0.702. The molecule has 2 aliphatic rings. The highest BCUT2D eigenvalue weighted by atomic mass is 32.2. The number of hydrogen-bond donors (Lipinski definition) is 2. The predicted octanol–water partition coefficient (Wildman–Crippen LogP) is 1.59. The summed E-state index contributed by atoms with van der Waals surface area (Å²) in [5.74, 6) is 2.84. The van der Waals surface area contributed by atoms with Crippen molar-refractivity contribution in [3.05, 3.63) is 23.9 Å². The maximum absolute atomic E-state index is 12.3. The van der Waals surface area contributed by atoms with Gasteiger partial charge in [-0.1, -0.05) is 6.07 Å². The Morgan fingerprint density at radius 2 is 2.26 bits per heavy atom. The molecule has 1 aromatic heterocycles. The van der Waals surface area contributed by atoms with Crippen LogP contribution >= 0.6 is 11.8 Å². The van der Waals surface area contributed by atoms with Crippen LogP contribution in [-0.2, 0) is 4.79 Å². The molecule has 0 spiro atoms. The Morgan fingerprint density at radius 3 is 2.87 bits per heavy atom. The van der Waals surface area contributed by atoms with Crippen LogP contribution in [0.1, 0.15) is 24.8 Å². The lowest BCUT2D eigenvalue weighted by atomic mass is 9.95. The molecule has 0 bridgehead atoms. The zero-order chi connectivity index (χ0) is 16.3. The van der Waals surface area contributed by atoms with Crippen LogP contribution in [0, 0.1) is 12.8 Å². The zero-order valence-corrected chi connectivity index (χ0v) is 14.4. The third-order valence-corrected chi connectivity index (χ3v) is 5.99. The van der Waals surface area contributed by atoms with E-state index in [4.69, 9.17) is 0 Å². The van der Waals surface area contributed by atoms with Gasteiger partial charge in [0.2, 0.25) is 5.91 Å². The summed E-state index contributed by atoms with van der Waals surface area (Å²) in [5.41, 5.74) is 0.457. The van der Waals surface area contributed by atoms with Gasteiger partial charge in [0.1, 0.15) is 5.82 Å². The number of anilines is 1. The molecule has 2 fully saturated rings. The quantitative estimate of drug-likeness (QED) is 0.875. The predicted molar refractivity (Wildman–Crippen MR) is 93.8 cm³/mol. The van der Waals surface area contributed by atoms with Gasteiger partial charge in [0.25, 0.3) is 0 Å².